The molecule has 3 nitrogen and oxygen atoms in total. The van der Waals surface area contributed by atoms with E-state index in [2.05, 4.69) is 4.98 Å². The molecule has 108 valence electrons. The number of hydrogen-bond acceptors (Lipinski definition) is 3. The first kappa shape index (κ1) is 14.6. The van der Waals surface area contributed by atoms with Crippen LogP contribution in [-0.2, 0) is 12.8 Å². The van der Waals surface area contributed by atoms with Gasteiger partial charge in [0.25, 0.3) is 0 Å². The van der Waals surface area contributed by atoms with Crippen LogP contribution in [0.25, 0.3) is 0 Å². The Labute approximate surface area is 138 Å². The first-order valence-electron chi connectivity index (χ1n) is 6.49. The molecule has 1 aromatic carbocycles. The van der Waals surface area contributed by atoms with Gasteiger partial charge in [-0.15, -0.1) is 0 Å². The molecule has 6 heteroatoms. The molecule has 2 aromatic rings. The van der Waals surface area contributed by atoms with Crippen molar-refractivity contribution >= 4 is 40.4 Å². The van der Waals surface area contributed by atoms with Crippen molar-refractivity contribution in [2.75, 3.05) is 0 Å². The molecule has 0 atom stereocenters. The summed E-state index contributed by atoms with van der Waals surface area (Å²) in [5.41, 5.74) is 8.65. The van der Waals surface area contributed by atoms with E-state index in [1.807, 2.05) is 6.07 Å². The molecule has 1 aromatic heterocycles. The van der Waals surface area contributed by atoms with Crippen molar-refractivity contribution in [1.29, 1.82) is 0 Å². The molecule has 0 saturated heterocycles. The molecule has 0 bridgehead atoms. The van der Waals surface area contributed by atoms with Crippen LogP contribution in [0.15, 0.2) is 24.3 Å². The Morgan fingerprint density at radius 2 is 1.86 bits per heavy atom. The molecular formula is C15H12Cl2N2OS. The lowest BCUT2D eigenvalue weighted by molar-refractivity contribution is 0.460. The van der Waals surface area contributed by atoms with E-state index in [1.54, 1.807) is 18.2 Å². The molecule has 0 saturated carbocycles. The van der Waals surface area contributed by atoms with Gasteiger partial charge < -0.3 is 10.5 Å². The van der Waals surface area contributed by atoms with E-state index in [1.165, 1.54) is 5.56 Å². The highest BCUT2D eigenvalue weighted by molar-refractivity contribution is 7.80. The molecule has 0 aliphatic heterocycles. The smallest absolute Gasteiger partial charge is 0.229 e. The topological polar surface area (TPSA) is 48.1 Å². The van der Waals surface area contributed by atoms with Crippen LogP contribution in [-0.4, -0.2) is 9.97 Å². The number of nitrogens with two attached hydrogens (primary N) is 1. The minimum atomic E-state index is 0.264. The first-order valence-corrected chi connectivity index (χ1v) is 7.66. The van der Waals surface area contributed by atoms with Gasteiger partial charge in [-0.05, 0) is 49.1 Å². The summed E-state index contributed by atoms with van der Waals surface area (Å²) in [5, 5.41) is 0.992. The third-order valence-electron chi connectivity index (χ3n) is 3.33. The van der Waals surface area contributed by atoms with Crippen molar-refractivity contribution < 1.29 is 4.74 Å². The van der Waals surface area contributed by atoms with E-state index < -0.39 is 0 Å². The highest BCUT2D eigenvalue weighted by Gasteiger charge is 2.19. The number of rotatable bonds is 3. The Morgan fingerprint density at radius 3 is 2.52 bits per heavy atom. The maximum atomic E-state index is 5.98. The fraction of sp³-hybridized carbons (Fsp3) is 0.200. The molecule has 21 heavy (non-hydrogen) atoms. The quantitative estimate of drug-likeness (QED) is 0.847. The van der Waals surface area contributed by atoms with Crippen LogP contribution in [0, 0.1) is 0 Å². The second kappa shape index (κ2) is 5.79. The predicted octanol–water partition coefficient (Wildman–Crippen LogP) is 4.30. The Hall–Kier alpha value is -1.36. The summed E-state index contributed by atoms with van der Waals surface area (Å²) in [6, 6.07) is 6.96. The van der Waals surface area contributed by atoms with Gasteiger partial charge in [0, 0.05) is 15.7 Å². The van der Waals surface area contributed by atoms with Crippen LogP contribution in [0.3, 0.4) is 0 Å². The molecule has 1 aliphatic rings. The number of fused-ring (bicyclic) bond motifs is 1. The molecule has 0 spiro atoms. The summed E-state index contributed by atoms with van der Waals surface area (Å²) in [6.07, 6.45) is 3.03. The van der Waals surface area contributed by atoms with Crippen LogP contribution in [0.5, 0.6) is 11.6 Å². The van der Waals surface area contributed by atoms with Crippen molar-refractivity contribution in [2.24, 2.45) is 5.73 Å². The minimum Gasteiger partial charge on any atom is -0.438 e. The summed E-state index contributed by atoms with van der Waals surface area (Å²) < 4.78 is 5.81. The number of nitrogens with zero attached hydrogens (tertiary/aromatic N) is 1. The fourth-order valence-corrected chi connectivity index (χ4v) is 3.06. The van der Waals surface area contributed by atoms with Gasteiger partial charge in [0.15, 0.2) is 0 Å². The zero-order chi connectivity index (χ0) is 15.0. The van der Waals surface area contributed by atoms with Gasteiger partial charge in [-0.2, -0.15) is 0 Å². The number of hydrogen-bond donors (Lipinski definition) is 1. The predicted molar refractivity (Wildman–Crippen MR) is 88.7 cm³/mol. The van der Waals surface area contributed by atoms with Crippen molar-refractivity contribution in [3.05, 3.63) is 51.1 Å². The molecule has 0 amide bonds. The summed E-state index contributed by atoms with van der Waals surface area (Å²) in [6.45, 7) is 0. The van der Waals surface area contributed by atoms with Gasteiger partial charge in [-0.1, -0.05) is 35.4 Å². The van der Waals surface area contributed by atoms with Gasteiger partial charge in [-0.3, -0.25) is 0 Å². The summed E-state index contributed by atoms with van der Waals surface area (Å²) in [7, 11) is 0. The Balaban J connectivity index is 2.03. The number of thiocarbonyl (C=S) groups is 1. The molecule has 3 rings (SSSR count). The van der Waals surface area contributed by atoms with Crippen LogP contribution < -0.4 is 10.5 Å². The van der Waals surface area contributed by atoms with Crippen LogP contribution in [0.1, 0.15) is 23.2 Å². The Morgan fingerprint density at radius 1 is 1.14 bits per heavy atom. The third-order valence-corrected chi connectivity index (χ3v) is 3.99. The maximum absolute atomic E-state index is 5.98. The lowest BCUT2D eigenvalue weighted by Crippen LogP contribution is -2.13. The van der Waals surface area contributed by atoms with Crippen LogP contribution in [0.4, 0.5) is 0 Å². The van der Waals surface area contributed by atoms with Crippen molar-refractivity contribution in [2.45, 2.75) is 19.3 Å². The van der Waals surface area contributed by atoms with Gasteiger partial charge >= 0.3 is 0 Å². The average molecular weight is 339 g/mol. The number of ether oxygens (including phenoxy) is 1. The van der Waals surface area contributed by atoms with E-state index in [0.29, 0.717) is 27.2 Å². The number of aryl methyl sites for hydroxylation is 2. The molecule has 2 N–H and O–H groups in total. The SMILES string of the molecule is NC(=S)c1cc2c(nc1Oc1cc(Cl)cc(Cl)c1)CCC2. The standard InChI is InChI=1S/C15H12Cl2N2OS/c16-9-5-10(17)7-11(6-9)20-15-12(14(18)21)4-8-2-1-3-13(8)19-15/h4-7H,1-3H2,(H2,18,21). The highest BCUT2D eigenvalue weighted by Crippen LogP contribution is 2.32. The second-order valence-electron chi connectivity index (χ2n) is 4.87. The molecule has 0 fully saturated rings. The number of halogens is 2. The van der Waals surface area contributed by atoms with E-state index in [-0.39, 0.29) is 4.99 Å². The van der Waals surface area contributed by atoms with E-state index in [0.717, 1.165) is 25.0 Å². The van der Waals surface area contributed by atoms with Gasteiger partial charge in [0.1, 0.15) is 10.7 Å². The maximum Gasteiger partial charge on any atom is 0.229 e. The molecule has 0 unspecified atom stereocenters. The normalized spacial score (nSPS) is 13.0. The molecule has 0 radical (unpaired) electrons. The molecule has 1 aliphatic carbocycles. The third kappa shape index (κ3) is 3.12. The zero-order valence-corrected chi connectivity index (χ0v) is 13.4. The minimum absolute atomic E-state index is 0.264. The Bertz CT molecular complexity index is 714. The van der Waals surface area contributed by atoms with Gasteiger partial charge in [-0.25, -0.2) is 4.98 Å². The molecular weight excluding hydrogens is 327 g/mol. The van der Waals surface area contributed by atoms with Crippen LogP contribution >= 0.6 is 35.4 Å². The van der Waals surface area contributed by atoms with Crippen molar-refractivity contribution in [1.82, 2.24) is 4.98 Å². The first-order chi connectivity index (χ1) is 10.0. The van der Waals surface area contributed by atoms with Crippen molar-refractivity contribution in [3.63, 3.8) is 0 Å². The second-order valence-corrected chi connectivity index (χ2v) is 6.18. The fourth-order valence-electron chi connectivity index (χ4n) is 2.41. The molecule has 1 heterocycles. The van der Waals surface area contributed by atoms with Gasteiger partial charge in [0.2, 0.25) is 5.88 Å². The lowest BCUT2D eigenvalue weighted by atomic mass is 10.1. The lowest BCUT2D eigenvalue weighted by Gasteiger charge is -2.12. The van der Waals surface area contributed by atoms with Crippen molar-refractivity contribution in [3.8, 4) is 11.6 Å². The van der Waals surface area contributed by atoms with E-state index in [9.17, 15) is 0 Å². The summed E-state index contributed by atoms with van der Waals surface area (Å²) in [4.78, 5) is 4.82. The summed E-state index contributed by atoms with van der Waals surface area (Å²) in [5.74, 6) is 0.914. The van der Waals surface area contributed by atoms with Gasteiger partial charge in [0.05, 0.1) is 5.56 Å². The zero-order valence-electron chi connectivity index (χ0n) is 11.0. The Kier molecular flexibility index (Phi) is 4.02. The van der Waals surface area contributed by atoms with Crippen LogP contribution in [0.2, 0.25) is 10.0 Å². The monoisotopic (exact) mass is 338 g/mol. The number of aromatic nitrogens is 1. The summed E-state index contributed by atoms with van der Waals surface area (Å²) >= 11 is 17.0. The van der Waals surface area contributed by atoms with E-state index >= 15 is 0 Å². The number of benzene rings is 1. The average Bonchev–Trinajstić information content (AvgIpc) is 2.83. The van der Waals surface area contributed by atoms with E-state index in [4.69, 9.17) is 45.9 Å². The number of pyridine rings is 1. The largest absolute Gasteiger partial charge is 0.438 e. The highest BCUT2D eigenvalue weighted by atomic mass is 35.5.